The molecule has 16 heavy (non-hydrogen) atoms. The Morgan fingerprint density at radius 2 is 2.19 bits per heavy atom. The van der Waals surface area contributed by atoms with E-state index in [0.717, 1.165) is 6.42 Å². The maximum atomic E-state index is 12.1. The predicted octanol–water partition coefficient (Wildman–Crippen LogP) is 1.93. The highest BCUT2D eigenvalue weighted by Crippen LogP contribution is 2.22. The minimum absolute atomic E-state index is 0.0930. The van der Waals surface area contributed by atoms with Crippen molar-refractivity contribution in [3.8, 4) is 0 Å². The van der Waals surface area contributed by atoms with E-state index in [9.17, 15) is 9.59 Å². The Morgan fingerprint density at radius 3 is 2.88 bits per heavy atom. The van der Waals surface area contributed by atoms with Crippen molar-refractivity contribution >= 4 is 17.6 Å². The highest BCUT2D eigenvalue weighted by Gasteiger charge is 2.37. The van der Waals surface area contributed by atoms with E-state index in [1.165, 1.54) is 4.90 Å². The first kappa shape index (κ1) is 10.8. The molecule has 1 heterocycles. The number of rotatable bonds is 2. The molecule has 4 nitrogen and oxygen atoms in total. The Bertz CT molecular complexity index is 421. The van der Waals surface area contributed by atoms with Crippen molar-refractivity contribution in [1.82, 2.24) is 4.90 Å². The van der Waals surface area contributed by atoms with Crippen molar-refractivity contribution in [3.05, 3.63) is 24.3 Å². The quantitative estimate of drug-likeness (QED) is 0.711. The van der Waals surface area contributed by atoms with Gasteiger partial charge in [0, 0.05) is 6.04 Å². The fourth-order valence-corrected chi connectivity index (χ4v) is 1.84. The molecule has 2 unspecified atom stereocenters. The molecule has 0 N–H and O–H groups in total. The number of fused-ring (bicyclic) bond motifs is 1. The van der Waals surface area contributed by atoms with Crippen LogP contribution in [0.2, 0.25) is 0 Å². The zero-order valence-corrected chi connectivity index (χ0v) is 9.38. The molecule has 2 aliphatic rings. The smallest absolute Gasteiger partial charge is 0.273 e. The molecule has 0 saturated heterocycles. The molecule has 0 aromatic heterocycles. The molecule has 1 aliphatic carbocycles. The molecule has 0 saturated carbocycles. The van der Waals surface area contributed by atoms with E-state index in [2.05, 4.69) is 4.99 Å². The van der Waals surface area contributed by atoms with Crippen LogP contribution in [-0.2, 0) is 4.79 Å². The summed E-state index contributed by atoms with van der Waals surface area (Å²) in [5.74, 6) is -0.540. The predicted molar refractivity (Wildman–Crippen MR) is 61.2 cm³/mol. The van der Waals surface area contributed by atoms with Crippen molar-refractivity contribution in [2.24, 2.45) is 10.9 Å². The molecule has 0 fully saturated rings. The monoisotopic (exact) mass is 218 g/mol. The minimum atomic E-state index is -0.439. The molecule has 3 amide bonds. The highest BCUT2D eigenvalue weighted by molar-refractivity contribution is 6.21. The Morgan fingerprint density at radius 1 is 1.44 bits per heavy atom. The van der Waals surface area contributed by atoms with Gasteiger partial charge in [-0.25, -0.2) is 4.79 Å². The van der Waals surface area contributed by atoms with Crippen molar-refractivity contribution in [2.45, 2.75) is 26.3 Å². The van der Waals surface area contributed by atoms with Crippen LogP contribution >= 0.6 is 0 Å². The molecule has 0 bridgehead atoms. The van der Waals surface area contributed by atoms with Gasteiger partial charge in [0.25, 0.3) is 0 Å². The van der Waals surface area contributed by atoms with E-state index < -0.39 is 6.03 Å². The Kier molecular flexibility index (Phi) is 2.73. The summed E-state index contributed by atoms with van der Waals surface area (Å²) in [6, 6.07) is -0.532. The van der Waals surface area contributed by atoms with Crippen LogP contribution in [0, 0.1) is 5.92 Å². The number of imide groups is 1. The topological polar surface area (TPSA) is 49.7 Å². The van der Waals surface area contributed by atoms with Gasteiger partial charge in [0.05, 0.1) is 11.6 Å². The Labute approximate surface area is 94.3 Å². The molecule has 0 aromatic rings. The summed E-state index contributed by atoms with van der Waals surface area (Å²) in [5.41, 5.74) is 0.553. The molecule has 84 valence electrons. The van der Waals surface area contributed by atoms with E-state index in [-0.39, 0.29) is 17.9 Å². The average Bonchev–Trinajstić information content (AvgIpc) is 2.28. The first-order valence-corrected chi connectivity index (χ1v) is 5.45. The van der Waals surface area contributed by atoms with Gasteiger partial charge in [-0.05, 0) is 19.4 Å². The number of aliphatic imine (C=N–C) groups is 1. The van der Waals surface area contributed by atoms with Crippen LogP contribution in [0.3, 0.4) is 0 Å². The highest BCUT2D eigenvalue weighted by atomic mass is 16.2. The van der Waals surface area contributed by atoms with Crippen LogP contribution in [-0.4, -0.2) is 28.6 Å². The zero-order valence-electron chi connectivity index (χ0n) is 9.38. The third-order valence-electron chi connectivity index (χ3n) is 2.97. The van der Waals surface area contributed by atoms with Crippen LogP contribution in [0.1, 0.15) is 20.3 Å². The van der Waals surface area contributed by atoms with Gasteiger partial charge in [0.15, 0.2) is 0 Å². The van der Waals surface area contributed by atoms with Gasteiger partial charge in [0.2, 0.25) is 5.91 Å². The lowest BCUT2D eigenvalue weighted by molar-refractivity contribution is -0.131. The lowest BCUT2D eigenvalue weighted by atomic mass is 9.94. The summed E-state index contributed by atoms with van der Waals surface area (Å²) in [6.07, 6.45) is 7.84. The molecular weight excluding hydrogens is 204 g/mol. The summed E-state index contributed by atoms with van der Waals surface area (Å²) in [4.78, 5) is 29.0. The Balaban J connectivity index is 2.37. The van der Waals surface area contributed by atoms with Crippen molar-refractivity contribution in [2.75, 3.05) is 0 Å². The number of nitrogens with zero attached hydrogens (tertiary/aromatic N) is 2. The summed E-state index contributed by atoms with van der Waals surface area (Å²) >= 11 is 0. The molecule has 0 aromatic carbocycles. The zero-order chi connectivity index (χ0) is 11.7. The number of hydrogen-bond acceptors (Lipinski definition) is 2. The van der Waals surface area contributed by atoms with Crippen molar-refractivity contribution in [3.63, 3.8) is 0 Å². The first-order valence-electron chi connectivity index (χ1n) is 5.45. The second-order valence-electron chi connectivity index (χ2n) is 4.01. The molecule has 0 radical (unpaired) electrons. The molecule has 2 atom stereocenters. The van der Waals surface area contributed by atoms with E-state index >= 15 is 0 Å². The van der Waals surface area contributed by atoms with Gasteiger partial charge in [-0.1, -0.05) is 25.2 Å². The molecule has 4 heteroatoms. The minimum Gasteiger partial charge on any atom is -0.273 e. The van der Waals surface area contributed by atoms with Gasteiger partial charge < -0.3 is 0 Å². The van der Waals surface area contributed by atoms with Crippen LogP contribution in [0.25, 0.3) is 0 Å². The normalized spacial score (nSPS) is 25.5. The Hall–Kier alpha value is -1.71. The van der Waals surface area contributed by atoms with E-state index in [4.69, 9.17) is 0 Å². The van der Waals surface area contributed by atoms with Gasteiger partial charge >= 0.3 is 6.03 Å². The fourth-order valence-electron chi connectivity index (χ4n) is 1.84. The summed E-state index contributed by atoms with van der Waals surface area (Å²) in [6.45, 7) is 3.81. The number of carbonyl (C=O) groups is 2. The van der Waals surface area contributed by atoms with Gasteiger partial charge in [-0.15, -0.1) is 0 Å². The van der Waals surface area contributed by atoms with Gasteiger partial charge in [0.1, 0.15) is 0 Å². The second-order valence-corrected chi connectivity index (χ2v) is 4.01. The molecule has 0 spiro atoms. The van der Waals surface area contributed by atoms with E-state index in [0.29, 0.717) is 5.71 Å². The molecular formula is C12H14N2O2. The van der Waals surface area contributed by atoms with Gasteiger partial charge in [-0.3, -0.25) is 9.69 Å². The summed E-state index contributed by atoms with van der Waals surface area (Å²) < 4.78 is 0. The number of urea groups is 1. The van der Waals surface area contributed by atoms with E-state index in [1.807, 2.05) is 19.9 Å². The fraction of sp³-hybridized carbons (Fsp3) is 0.417. The van der Waals surface area contributed by atoms with Crippen LogP contribution in [0.4, 0.5) is 4.79 Å². The maximum absolute atomic E-state index is 12.1. The van der Waals surface area contributed by atoms with Gasteiger partial charge in [-0.2, -0.15) is 4.99 Å². The molecule has 2 rings (SSSR count). The number of hydrogen-bond donors (Lipinski definition) is 0. The number of carbonyl (C=O) groups excluding carboxylic acids is 2. The van der Waals surface area contributed by atoms with Crippen molar-refractivity contribution in [1.29, 1.82) is 0 Å². The number of allylic oxidation sites excluding steroid dienone is 3. The summed E-state index contributed by atoms with van der Waals surface area (Å²) in [5, 5.41) is 0. The SMILES string of the molecule is CCC(C)N1C(=O)N=C2C=CC=CC2C1=O. The van der Waals surface area contributed by atoms with Crippen LogP contribution in [0.15, 0.2) is 29.3 Å². The third kappa shape index (κ3) is 1.60. The third-order valence-corrected chi connectivity index (χ3v) is 2.97. The second kappa shape index (κ2) is 4.04. The lowest BCUT2D eigenvalue weighted by Gasteiger charge is -2.32. The standard InChI is InChI=1S/C12H14N2O2/c1-3-8(2)14-11(15)9-6-4-5-7-10(9)13-12(14)16/h4-9H,3H2,1-2H3. The largest absolute Gasteiger partial charge is 0.350 e. The van der Waals surface area contributed by atoms with Crippen molar-refractivity contribution < 1.29 is 9.59 Å². The lowest BCUT2D eigenvalue weighted by Crippen LogP contribution is -2.49. The summed E-state index contributed by atoms with van der Waals surface area (Å²) in [7, 11) is 0. The van der Waals surface area contributed by atoms with Crippen LogP contribution in [0.5, 0.6) is 0 Å². The molecule has 1 aliphatic heterocycles. The van der Waals surface area contributed by atoms with Crippen LogP contribution < -0.4 is 0 Å². The average molecular weight is 218 g/mol. The maximum Gasteiger partial charge on any atom is 0.350 e. The first-order chi connectivity index (χ1) is 7.65. The van der Waals surface area contributed by atoms with E-state index in [1.54, 1.807) is 18.2 Å². The number of amides is 3.